The third kappa shape index (κ3) is 1.91. The summed E-state index contributed by atoms with van der Waals surface area (Å²) in [7, 11) is 4.21. The predicted molar refractivity (Wildman–Crippen MR) is 69.8 cm³/mol. The van der Waals surface area contributed by atoms with Crippen molar-refractivity contribution >= 4 is 10.9 Å². The lowest BCUT2D eigenvalue weighted by molar-refractivity contribution is 0.357. The lowest BCUT2D eigenvalue weighted by atomic mass is 10.1. The first-order valence-corrected chi connectivity index (χ1v) is 6.14. The molecule has 0 unspecified atom stereocenters. The van der Waals surface area contributed by atoms with Crippen molar-refractivity contribution in [3.8, 4) is 5.75 Å². The molecular formula is C14H18N2O. The van der Waals surface area contributed by atoms with E-state index in [1.807, 2.05) is 0 Å². The number of hydrogen-bond donors (Lipinski definition) is 1. The molecule has 2 heterocycles. The summed E-state index contributed by atoms with van der Waals surface area (Å²) in [5.74, 6) is 1.07. The lowest BCUT2D eigenvalue weighted by Crippen LogP contribution is -2.14. The van der Waals surface area contributed by atoms with Crippen LogP contribution in [0.1, 0.15) is 11.1 Å². The molecule has 0 amide bonds. The van der Waals surface area contributed by atoms with Gasteiger partial charge in [0.25, 0.3) is 0 Å². The molecule has 0 atom stereocenters. The van der Waals surface area contributed by atoms with Gasteiger partial charge < -0.3 is 14.6 Å². The van der Waals surface area contributed by atoms with E-state index in [9.17, 15) is 0 Å². The Bertz CT molecular complexity index is 542. The number of aromatic amines is 1. The number of nitrogens with one attached hydrogen (secondary N) is 1. The van der Waals surface area contributed by atoms with Gasteiger partial charge in [-0.25, -0.2) is 0 Å². The van der Waals surface area contributed by atoms with Crippen LogP contribution < -0.4 is 4.74 Å². The van der Waals surface area contributed by atoms with Gasteiger partial charge in [0, 0.05) is 30.1 Å². The Morgan fingerprint density at radius 2 is 2.24 bits per heavy atom. The maximum absolute atomic E-state index is 5.63. The Labute approximate surface area is 101 Å². The fraction of sp³-hybridized carbons (Fsp3) is 0.429. The van der Waals surface area contributed by atoms with Crippen LogP contribution in [0.4, 0.5) is 0 Å². The molecule has 3 rings (SSSR count). The summed E-state index contributed by atoms with van der Waals surface area (Å²) in [6.45, 7) is 1.90. The number of fused-ring (bicyclic) bond motifs is 2. The largest absolute Gasteiger partial charge is 0.493 e. The second-order valence-electron chi connectivity index (χ2n) is 4.97. The Balaban J connectivity index is 1.97. The van der Waals surface area contributed by atoms with Crippen molar-refractivity contribution < 1.29 is 4.74 Å². The summed E-state index contributed by atoms with van der Waals surface area (Å²) in [4.78, 5) is 5.58. The third-order valence-electron chi connectivity index (χ3n) is 3.41. The molecule has 1 aromatic heterocycles. The van der Waals surface area contributed by atoms with E-state index < -0.39 is 0 Å². The van der Waals surface area contributed by atoms with E-state index in [0.29, 0.717) is 0 Å². The molecule has 0 spiro atoms. The van der Waals surface area contributed by atoms with E-state index in [1.165, 1.54) is 22.0 Å². The van der Waals surface area contributed by atoms with E-state index in [0.717, 1.165) is 31.7 Å². The Morgan fingerprint density at radius 1 is 1.35 bits per heavy atom. The van der Waals surface area contributed by atoms with Gasteiger partial charge in [-0.05, 0) is 43.8 Å². The number of benzene rings is 1. The molecule has 1 aromatic carbocycles. The van der Waals surface area contributed by atoms with Crippen molar-refractivity contribution in [3.63, 3.8) is 0 Å². The maximum Gasteiger partial charge on any atom is 0.123 e. The lowest BCUT2D eigenvalue weighted by Gasteiger charge is -2.08. The molecule has 1 aliphatic heterocycles. The Morgan fingerprint density at radius 3 is 3.06 bits per heavy atom. The normalized spacial score (nSPS) is 14.3. The minimum absolute atomic E-state index is 0.828. The van der Waals surface area contributed by atoms with Crippen LogP contribution in [0, 0.1) is 0 Å². The minimum Gasteiger partial charge on any atom is -0.493 e. The van der Waals surface area contributed by atoms with Gasteiger partial charge in [-0.3, -0.25) is 0 Å². The van der Waals surface area contributed by atoms with Gasteiger partial charge in [0.2, 0.25) is 0 Å². The molecule has 90 valence electrons. The molecule has 0 saturated heterocycles. The van der Waals surface area contributed by atoms with Gasteiger partial charge >= 0.3 is 0 Å². The topological polar surface area (TPSA) is 28.3 Å². The van der Waals surface area contributed by atoms with Crippen molar-refractivity contribution in [1.29, 1.82) is 0 Å². The van der Waals surface area contributed by atoms with Crippen LogP contribution in [0.15, 0.2) is 18.3 Å². The fourth-order valence-electron chi connectivity index (χ4n) is 2.40. The average Bonchev–Trinajstić information content (AvgIpc) is 2.88. The summed E-state index contributed by atoms with van der Waals surface area (Å²) in [6.07, 6.45) is 4.24. The van der Waals surface area contributed by atoms with E-state index in [-0.39, 0.29) is 0 Å². The molecule has 0 aliphatic carbocycles. The zero-order valence-corrected chi connectivity index (χ0v) is 10.4. The highest BCUT2D eigenvalue weighted by Crippen LogP contribution is 2.31. The number of rotatable bonds is 3. The first kappa shape index (κ1) is 10.7. The molecule has 0 saturated carbocycles. The van der Waals surface area contributed by atoms with Crippen molar-refractivity contribution in [1.82, 2.24) is 9.88 Å². The second kappa shape index (κ2) is 4.08. The second-order valence-corrected chi connectivity index (χ2v) is 4.97. The zero-order chi connectivity index (χ0) is 11.8. The number of aromatic nitrogens is 1. The fourth-order valence-corrected chi connectivity index (χ4v) is 2.40. The first-order chi connectivity index (χ1) is 8.24. The zero-order valence-electron chi connectivity index (χ0n) is 10.4. The molecule has 0 radical (unpaired) electrons. The van der Waals surface area contributed by atoms with Gasteiger partial charge in [0.15, 0.2) is 0 Å². The van der Waals surface area contributed by atoms with Crippen molar-refractivity contribution in [3.05, 3.63) is 29.5 Å². The Kier molecular flexibility index (Phi) is 2.56. The number of hydrogen-bond acceptors (Lipinski definition) is 2. The molecular weight excluding hydrogens is 212 g/mol. The molecule has 3 heteroatoms. The molecule has 1 N–H and O–H groups in total. The van der Waals surface area contributed by atoms with E-state index in [1.54, 1.807) is 0 Å². The van der Waals surface area contributed by atoms with E-state index >= 15 is 0 Å². The maximum atomic E-state index is 5.63. The summed E-state index contributed by atoms with van der Waals surface area (Å²) in [5.41, 5.74) is 3.95. The number of H-pyrrole nitrogens is 1. The Hall–Kier alpha value is -1.48. The van der Waals surface area contributed by atoms with Gasteiger partial charge in [-0.2, -0.15) is 0 Å². The van der Waals surface area contributed by atoms with Crippen LogP contribution in [0.2, 0.25) is 0 Å². The van der Waals surface area contributed by atoms with E-state index in [2.05, 4.69) is 42.3 Å². The quantitative estimate of drug-likeness (QED) is 0.875. The van der Waals surface area contributed by atoms with Gasteiger partial charge in [0.1, 0.15) is 5.75 Å². The average molecular weight is 230 g/mol. The number of likely N-dealkylation sites (N-methyl/N-ethyl adjacent to an activating group) is 1. The van der Waals surface area contributed by atoms with Crippen LogP contribution in [-0.2, 0) is 12.8 Å². The van der Waals surface area contributed by atoms with Crippen molar-refractivity contribution in [2.45, 2.75) is 12.8 Å². The van der Waals surface area contributed by atoms with Crippen LogP contribution in [-0.4, -0.2) is 37.1 Å². The predicted octanol–water partition coefficient (Wildman–Crippen LogP) is 2.21. The molecule has 2 aromatic rings. The molecule has 3 nitrogen and oxygen atoms in total. The van der Waals surface area contributed by atoms with E-state index in [4.69, 9.17) is 4.74 Å². The summed E-state index contributed by atoms with van der Waals surface area (Å²) in [5, 5.41) is 1.31. The van der Waals surface area contributed by atoms with Gasteiger partial charge in [0.05, 0.1) is 6.61 Å². The molecule has 0 fully saturated rings. The first-order valence-electron chi connectivity index (χ1n) is 6.14. The minimum atomic E-state index is 0.828. The standard InChI is InChI=1S/C14H18N2O/c1-16(2)5-3-11-9-15-13-7-10-4-6-17-14(10)8-12(11)13/h7-9,15H,3-6H2,1-2H3. The number of nitrogens with zero attached hydrogens (tertiary/aromatic N) is 1. The molecule has 1 aliphatic rings. The monoisotopic (exact) mass is 230 g/mol. The van der Waals surface area contributed by atoms with Crippen molar-refractivity contribution in [2.24, 2.45) is 0 Å². The summed E-state index contributed by atoms with van der Waals surface area (Å²) >= 11 is 0. The third-order valence-corrected chi connectivity index (χ3v) is 3.41. The SMILES string of the molecule is CN(C)CCc1c[nH]c2cc3c(cc12)OCC3. The van der Waals surface area contributed by atoms with Gasteiger partial charge in [-0.15, -0.1) is 0 Å². The van der Waals surface area contributed by atoms with Crippen LogP contribution >= 0.6 is 0 Å². The summed E-state index contributed by atoms with van der Waals surface area (Å²) in [6, 6.07) is 4.43. The molecule has 0 bridgehead atoms. The number of ether oxygens (including phenoxy) is 1. The summed E-state index contributed by atoms with van der Waals surface area (Å²) < 4.78 is 5.63. The highest BCUT2D eigenvalue weighted by atomic mass is 16.5. The van der Waals surface area contributed by atoms with Crippen molar-refractivity contribution in [2.75, 3.05) is 27.2 Å². The highest BCUT2D eigenvalue weighted by Gasteiger charge is 2.15. The highest BCUT2D eigenvalue weighted by molar-refractivity contribution is 5.86. The van der Waals surface area contributed by atoms with Gasteiger partial charge in [-0.1, -0.05) is 0 Å². The van der Waals surface area contributed by atoms with Crippen LogP contribution in [0.5, 0.6) is 5.75 Å². The van der Waals surface area contributed by atoms with Crippen LogP contribution in [0.25, 0.3) is 10.9 Å². The molecule has 17 heavy (non-hydrogen) atoms. The van der Waals surface area contributed by atoms with Crippen LogP contribution in [0.3, 0.4) is 0 Å². The smallest absolute Gasteiger partial charge is 0.123 e.